The summed E-state index contributed by atoms with van der Waals surface area (Å²) in [6.07, 6.45) is 10.9. The maximum atomic E-state index is 14.2. The van der Waals surface area contributed by atoms with E-state index in [1.807, 2.05) is 70.6 Å². The molecule has 4 bridgehead atoms. The molecular weight excluding hydrogens is 863 g/mol. The molecule has 0 saturated heterocycles. The van der Waals surface area contributed by atoms with E-state index >= 15 is 0 Å². The highest BCUT2D eigenvalue weighted by Crippen LogP contribution is 2.38. The minimum Gasteiger partial charge on any atom is -0.491 e. The molecule has 2 amide bonds. The van der Waals surface area contributed by atoms with Crippen molar-refractivity contribution in [2.24, 2.45) is 21.1 Å². The number of aromatic amines is 2. The van der Waals surface area contributed by atoms with Crippen LogP contribution >= 0.6 is 11.6 Å². The Balaban J connectivity index is 0.000000166. The minimum atomic E-state index is -0.384. The van der Waals surface area contributed by atoms with Crippen LogP contribution in [-0.4, -0.2) is 112 Å². The van der Waals surface area contributed by atoms with Crippen LogP contribution in [0.5, 0.6) is 11.6 Å². The Labute approximate surface area is 384 Å². The highest BCUT2D eigenvalue weighted by atomic mass is 35.5. The van der Waals surface area contributed by atoms with Gasteiger partial charge in [-0.2, -0.15) is 25.5 Å². The molecule has 0 atom stereocenters. The summed E-state index contributed by atoms with van der Waals surface area (Å²) in [5, 5.41) is 30.5. The maximum Gasteiger partial charge on any atom is 0.274 e. The first-order chi connectivity index (χ1) is 31.8. The number of fused-ring (bicyclic) bond motifs is 8. The summed E-state index contributed by atoms with van der Waals surface area (Å²) in [4.78, 5) is 29.7. The molecule has 0 unspecified atom stereocenters. The number of H-pyrrole nitrogens is 2. The summed E-state index contributed by atoms with van der Waals surface area (Å²) >= 11 is 6.56. The van der Waals surface area contributed by atoms with Gasteiger partial charge in [-0.1, -0.05) is 31.5 Å². The number of carbonyl (C=O) groups excluding carboxylic acids is 2. The monoisotopic (exact) mass is 910 g/mol. The van der Waals surface area contributed by atoms with Gasteiger partial charge in [-0.15, -0.1) is 0 Å². The largest absolute Gasteiger partial charge is 0.491 e. The van der Waals surface area contributed by atoms with Gasteiger partial charge in [-0.05, 0) is 90.7 Å². The van der Waals surface area contributed by atoms with Crippen molar-refractivity contribution in [3.8, 4) is 33.9 Å². The molecule has 0 aliphatic carbocycles. The summed E-state index contributed by atoms with van der Waals surface area (Å²) < 4.78 is 31.5. The summed E-state index contributed by atoms with van der Waals surface area (Å²) in [7, 11) is 9.03. The van der Waals surface area contributed by atoms with Crippen molar-refractivity contribution in [2.75, 3.05) is 40.4 Å². The van der Waals surface area contributed by atoms with Gasteiger partial charge in [0.2, 0.25) is 5.88 Å². The fourth-order valence-corrected chi connectivity index (χ4v) is 8.74. The smallest absolute Gasteiger partial charge is 0.274 e. The van der Waals surface area contributed by atoms with E-state index in [-0.39, 0.29) is 24.2 Å². The molecule has 0 saturated carbocycles. The van der Waals surface area contributed by atoms with Crippen LogP contribution in [0, 0.1) is 5.82 Å². The van der Waals surface area contributed by atoms with Crippen LogP contribution < -0.4 is 9.47 Å². The van der Waals surface area contributed by atoms with Crippen molar-refractivity contribution in [1.82, 2.24) is 59.5 Å². The fraction of sp³-hybridized carbons (Fsp3) is 0.271. The molecule has 16 nitrogen and oxygen atoms in total. The Morgan fingerprint density at radius 1 is 0.682 bits per heavy atom. The van der Waals surface area contributed by atoms with Crippen LogP contribution in [0.4, 0.5) is 4.39 Å². The highest BCUT2D eigenvalue weighted by molar-refractivity contribution is 6.35. The number of halogens is 2. The molecule has 2 aliphatic heterocycles. The molecule has 8 aromatic rings. The van der Waals surface area contributed by atoms with Gasteiger partial charge in [0.05, 0.1) is 46.8 Å². The topological polar surface area (TPSA) is 170 Å². The molecule has 7 heterocycles. The molecule has 3 aromatic carbocycles. The van der Waals surface area contributed by atoms with Crippen molar-refractivity contribution >= 4 is 69.5 Å². The molecule has 338 valence electrons. The first-order valence-electron chi connectivity index (χ1n) is 21.6. The Morgan fingerprint density at radius 3 is 1.94 bits per heavy atom. The number of rotatable bonds is 2. The summed E-state index contributed by atoms with van der Waals surface area (Å²) in [6.45, 7) is 5.41. The first-order valence-corrected chi connectivity index (χ1v) is 21.9. The molecule has 66 heavy (non-hydrogen) atoms. The lowest BCUT2D eigenvalue weighted by atomic mass is 10.0. The Kier molecular flexibility index (Phi) is 11.8. The van der Waals surface area contributed by atoms with E-state index in [9.17, 15) is 14.0 Å². The van der Waals surface area contributed by atoms with Gasteiger partial charge < -0.3 is 19.3 Å². The summed E-state index contributed by atoms with van der Waals surface area (Å²) in [6, 6.07) is 14.1. The van der Waals surface area contributed by atoms with Crippen LogP contribution in [0.15, 0.2) is 54.7 Å². The normalized spacial score (nSPS) is 15.1. The molecule has 18 heteroatoms. The number of hydrogen-bond acceptors (Lipinski definition) is 9. The van der Waals surface area contributed by atoms with E-state index in [0.29, 0.717) is 76.5 Å². The van der Waals surface area contributed by atoms with E-state index in [1.54, 1.807) is 56.3 Å². The maximum absolute atomic E-state index is 14.2. The highest BCUT2D eigenvalue weighted by Gasteiger charge is 2.25. The minimum absolute atomic E-state index is 0.140. The van der Waals surface area contributed by atoms with Crippen molar-refractivity contribution in [1.29, 1.82) is 0 Å². The second-order valence-electron chi connectivity index (χ2n) is 16.2. The third kappa shape index (κ3) is 7.99. The number of aromatic nitrogens is 10. The summed E-state index contributed by atoms with van der Waals surface area (Å²) in [5.74, 6) is 0.433. The van der Waals surface area contributed by atoms with Gasteiger partial charge >= 0.3 is 0 Å². The molecule has 0 spiro atoms. The van der Waals surface area contributed by atoms with Gasteiger partial charge in [0.25, 0.3) is 11.8 Å². The average Bonchev–Trinajstić information content (AvgIpc) is 4.14. The lowest BCUT2D eigenvalue weighted by molar-refractivity contribution is 0.0759. The molecular formula is C48H48ClFN12O4. The number of aryl methyl sites for hydroxylation is 3. The van der Waals surface area contributed by atoms with E-state index in [4.69, 9.17) is 21.1 Å². The van der Waals surface area contributed by atoms with E-state index in [1.165, 1.54) is 12.1 Å². The number of nitrogens with zero attached hydrogens (tertiary/aromatic N) is 10. The number of hydrogen-bond donors (Lipinski definition) is 2. The average molecular weight is 911 g/mol. The number of benzene rings is 3. The number of likely N-dealkylation sites (N-methyl/N-ethyl adjacent to an activating group) is 2. The SMILES string of the molecule is CCc1c2c(nn1C)C(=O)N(C)CCOc1c(cnn1C)-c1ccc3n[nH]c(c3c1)/C=C/2.CCc1c2c(nn1C)C(=O)N(C)CCOc1ccc(F)cc1-c1cc(Cl)c3n[nH]c(c3c1)/C=C/2. The van der Waals surface area contributed by atoms with Gasteiger partial charge in [0.15, 0.2) is 11.4 Å². The third-order valence-corrected chi connectivity index (χ3v) is 12.3. The van der Waals surface area contributed by atoms with Crippen LogP contribution in [0.2, 0.25) is 5.02 Å². The number of ether oxygens (including phenoxy) is 2. The molecule has 2 aliphatic rings. The van der Waals surface area contributed by atoms with Gasteiger partial charge in [0, 0.05) is 74.1 Å². The molecule has 10 rings (SSSR count). The number of amides is 2. The molecule has 0 fully saturated rings. The van der Waals surface area contributed by atoms with Crippen molar-refractivity contribution in [3.05, 3.63) is 111 Å². The van der Waals surface area contributed by atoms with Crippen molar-refractivity contribution in [3.63, 3.8) is 0 Å². The predicted octanol–water partition coefficient (Wildman–Crippen LogP) is 7.85. The predicted molar refractivity (Wildman–Crippen MR) is 253 cm³/mol. The number of nitrogens with one attached hydrogen (secondary N) is 2. The van der Waals surface area contributed by atoms with Crippen LogP contribution in [0.3, 0.4) is 0 Å². The molecule has 2 N–H and O–H groups in total. The standard InChI is InChI=1S/C25H23ClFN5O2.C23H25N7O2/c1-4-21-16-6-7-20-18-11-14(12-19(26)23(18)29-28-20)17-13-15(27)5-8-22(17)34-10-9-31(2)25(33)24(16)30-32(21)3;1-5-20-15-7-9-19-16-12-14(6-8-18(16)25-26-19)17-13-24-30(4)23(17)32-11-10-28(2)22(31)21(15)27-29(20)3/h5-8,11-13H,4,9-10H2,1-3H3,(H,28,29);6-9,12-13H,5,10-11H2,1-4H3,(H,25,26)/b7-6+;9-7+. The van der Waals surface area contributed by atoms with Gasteiger partial charge in [0.1, 0.15) is 30.3 Å². The van der Waals surface area contributed by atoms with Crippen LogP contribution in [0.1, 0.15) is 68.7 Å². The van der Waals surface area contributed by atoms with E-state index in [2.05, 4.69) is 48.7 Å². The lowest BCUT2D eigenvalue weighted by Crippen LogP contribution is -2.31. The zero-order valence-electron chi connectivity index (χ0n) is 37.6. The third-order valence-electron chi connectivity index (χ3n) is 12.0. The zero-order valence-corrected chi connectivity index (χ0v) is 38.4. The quantitative estimate of drug-likeness (QED) is 0.175. The second-order valence-corrected chi connectivity index (χ2v) is 16.6. The van der Waals surface area contributed by atoms with E-state index < -0.39 is 0 Å². The van der Waals surface area contributed by atoms with Crippen LogP contribution in [-0.2, 0) is 34.0 Å². The fourth-order valence-electron chi connectivity index (χ4n) is 8.48. The molecule has 0 radical (unpaired) electrons. The van der Waals surface area contributed by atoms with Gasteiger partial charge in [-0.25, -0.2) is 9.07 Å². The Morgan fingerprint density at radius 2 is 1.29 bits per heavy atom. The second kappa shape index (κ2) is 17.8. The Bertz CT molecular complexity index is 3240. The zero-order chi connectivity index (χ0) is 46.4. The Hall–Kier alpha value is -7.53. The molecule has 5 aromatic heterocycles. The first kappa shape index (κ1) is 43.7. The number of carbonyl (C=O) groups is 2. The lowest BCUT2D eigenvalue weighted by Gasteiger charge is -2.18. The summed E-state index contributed by atoms with van der Waals surface area (Å²) in [5.41, 5.74) is 10.5. The van der Waals surface area contributed by atoms with Crippen LogP contribution in [0.25, 0.3) is 68.4 Å². The van der Waals surface area contributed by atoms with E-state index in [0.717, 1.165) is 62.0 Å². The van der Waals surface area contributed by atoms with Crippen molar-refractivity contribution in [2.45, 2.75) is 26.7 Å². The van der Waals surface area contributed by atoms with Crippen molar-refractivity contribution < 1.29 is 23.5 Å². The van der Waals surface area contributed by atoms with Gasteiger partial charge in [-0.3, -0.25) is 29.2 Å².